The van der Waals surface area contributed by atoms with E-state index in [-0.39, 0.29) is 11.7 Å². The largest absolute Gasteiger partial charge is 0.480 e. The van der Waals surface area contributed by atoms with Crippen LogP contribution < -0.4 is 5.32 Å². The van der Waals surface area contributed by atoms with E-state index in [9.17, 15) is 9.59 Å². The van der Waals surface area contributed by atoms with Gasteiger partial charge in [-0.3, -0.25) is 4.79 Å². The zero-order valence-corrected chi connectivity index (χ0v) is 9.07. The first kappa shape index (κ1) is 14.5. The number of carbonyl (C=O) groups is 2. The van der Waals surface area contributed by atoms with E-state index in [4.69, 9.17) is 5.11 Å². The topological polar surface area (TPSA) is 66.4 Å². The van der Waals surface area contributed by atoms with Crippen molar-refractivity contribution < 1.29 is 14.7 Å². The summed E-state index contributed by atoms with van der Waals surface area (Å²) in [4.78, 5) is 20.5. The Kier molecular flexibility index (Phi) is 11.0. The molecule has 0 aromatic carbocycles. The maximum absolute atomic E-state index is 10.3. The number of nitrogens with one attached hydrogen (secondary N) is 1. The summed E-state index contributed by atoms with van der Waals surface area (Å²) in [5.41, 5.74) is 0. The molecule has 0 unspecified atom stereocenters. The minimum Gasteiger partial charge on any atom is -0.480 e. The summed E-state index contributed by atoms with van der Waals surface area (Å²) in [7, 11) is 0. The standard InChI is InChI=1S/C5H9NO3S.H2S2/c1-3(7)6-4(2-10)5(8)9;1-2/h4,10H,2H2,1H3,(H,6,7)(H,8,9);1-2H/t4-;/m0./s1. The van der Waals surface area contributed by atoms with Crippen molar-refractivity contribution in [3.8, 4) is 0 Å². The predicted octanol–water partition coefficient (Wildman–Crippen LogP) is 0.267. The molecule has 0 aliphatic heterocycles. The second-order valence-electron chi connectivity index (χ2n) is 1.77. The molecular formula is C5H11NO3S3. The van der Waals surface area contributed by atoms with E-state index in [2.05, 4.69) is 41.3 Å². The Bertz CT molecular complexity index is 153. The molecule has 72 valence electrons. The van der Waals surface area contributed by atoms with Gasteiger partial charge in [0.25, 0.3) is 0 Å². The maximum Gasteiger partial charge on any atom is 0.327 e. The molecule has 0 fully saturated rings. The number of hydrogen-bond acceptors (Lipinski definition) is 5. The van der Waals surface area contributed by atoms with Gasteiger partial charge in [-0.1, -0.05) is 0 Å². The SMILES string of the molecule is CC(=O)N[C@@H](CS)C(=O)O.SS. The molecule has 0 radical (unpaired) electrons. The average Bonchev–Trinajstić information content (AvgIpc) is 2.03. The highest BCUT2D eigenvalue weighted by Crippen LogP contribution is 1.86. The van der Waals surface area contributed by atoms with Crippen molar-refractivity contribution in [2.75, 3.05) is 5.75 Å². The van der Waals surface area contributed by atoms with Crippen molar-refractivity contribution in [3.05, 3.63) is 0 Å². The smallest absolute Gasteiger partial charge is 0.327 e. The summed E-state index contributed by atoms with van der Waals surface area (Å²) < 4.78 is 0. The van der Waals surface area contributed by atoms with Gasteiger partial charge < -0.3 is 10.4 Å². The first-order valence-electron chi connectivity index (χ1n) is 2.88. The molecule has 0 spiro atoms. The maximum atomic E-state index is 10.3. The van der Waals surface area contributed by atoms with Crippen LogP contribution in [0.2, 0.25) is 0 Å². The second-order valence-corrected chi connectivity index (χ2v) is 2.14. The van der Waals surface area contributed by atoms with Crippen molar-refractivity contribution >= 4 is 47.8 Å². The molecule has 4 nitrogen and oxygen atoms in total. The van der Waals surface area contributed by atoms with Gasteiger partial charge in [0.1, 0.15) is 6.04 Å². The molecule has 1 atom stereocenters. The van der Waals surface area contributed by atoms with Gasteiger partial charge in [0.2, 0.25) is 5.91 Å². The number of rotatable bonds is 3. The van der Waals surface area contributed by atoms with E-state index in [0.29, 0.717) is 0 Å². The molecule has 0 aliphatic carbocycles. The first-order valence-corrected chi connectivity index (χ1v) is 5.12. The van der Waals surface area contributed by atoms with E-state index in [1.807, 2.05) is 0 Å². The van der Waals surface area contributed by atoms with Crippen molar-refractivity contribution in [1.82, 2.24) is 5.32 Å². The van der Waals surface area contributed by atoms with E-state index < -0.39 is 12.0 Å². The van der Waals surface area contributed by atoms with Crippen molar-refractivity contribution in [1.29, 1.82) is 0 Å². The molecule has 7 heteroatoms. The van der Waals surface area contributed by atoms with Crippen LogP contribution in [0.1, 0.15) is 6.92 Å². The Morgan fingerprint density at radius 3 is 2.00 bits per heavy atom. The van der Waals surface area contributed by atoms with Gasteiger partial charge in [-0.2, -0.15) is 12.6 Å². The number of amides is 1. The number of thiol groups is 3. The number of aliphatic carboxylic acids is 1. The fourth-order valence-electron chi connectivity index (χ4n) is 0.431. The molecule has 0 aromatic rings. The highest BCUT2D eigenvalue weighted by Gasteiger charge is 2.14. The van der Waals surface area contributed by atoms with E-state index in [1.54, 1.807) is 0 Å². The summed E-state index contributed by atoms with van der Waals surface area (Å²) in [6.07, 6.45) is 0. The van der Waals surface area contributed by atoms with Crippen LogP contribution in [0.5, 0.6) is 0 Å². The second kappa shape index (κ2) is 9.08. The zero-order valence-electron chi connectivity index (χ0n) is 6.39. The summed E-state index contributed by atoms with van der Waals surface area (Å²) in [5, 5.41) is 10.6. The third kappa shape index (κ3) is 8.09. The predicted molar refractivity (Wildman–Crippen MR) is 57.1 cm³/mol. The molecular weight excluding hydrogens is 218 g/mol. The fourth-order valence-corrected chi connectivity index (χ4v) is 0.678. The summed E-state index contributed by atoms with van der Waals surface area (Å²) in [6, 6.07) is -0.874. The fraction of sp³-hybridized carbons (Fsp3) is 0.600. The average molecular weight is 229 g/mol. The molecule has 12 heavy (non-hydrogen) atoms. The van der Waals surface area contributed by atoms with Crippen LogP contribution in [0.4, 0.5) is 0 Å². The van der Waals surface area contributed by atoms with Gasteiger partial charge in [-0.05, 0) is 0 Å². The van der Waals surface area contributed by atoms with Gasteiger partial charge in [-0.15, -0.1) is 23.3 Å². The normalized spacial score (nSPS) is 10.7. The van der Waals surface area contributed by atoms with Crippen LogP contribution in [0.25, 0.3) is 0 Å². The minimum absolute atomic E-state index is 0.106. The molecule has 2 N–H and O–H groups in total. The van der Waals surface area contributed by atoms with E-state index in [1.165, 1.54) is 6.92 Å². The Morgan fingerprint density at radius 2 is 1.92 bits per heavy atom. The highest BCUT2D eigenvalue weighted by molar-refractivity contribution is 8.59. The highest BCUT2D eigenvalue weighted by atomic mass is 33.1. The third-order valence-corrected chi connectivity index (χ3v) is 1.22. The molecule has 0 aliphatic rings. The molecule has 0 heterocycles. The first-order chi connectivity index (χ1) is 5.57. The number of carboxylic acids is 1. The van der Waals surface area contributed by atoms with E-state index >= 15 is 0 Å². The van der Waals surface area contributed by atoms with Crippen LogP contribution in [-0.4, -0.2) is 28.8 Å². The lowest BCUT2D eigenvalue weighted by atomic mass is 10.3. The molecule has 1 amide bonds. The Balaban J connectivity index is 0. The Labute approximate surface area is 86.7 Å². The number of hydrogen-bond donors (Lipinski definition) is 5. The van der Waals surface area contributed by atoms with Crippen molar-refractivity contribution in [2.45, 2.75) is 13.0 Å². The van der Waals surface area contributed by atoms with Crippen molar-refractivity contribution in [3.63, 3.8) is 0 Å². The van der Waals surface area contributed by atoms with Gasteiger partial charge in [0.15, 0.2) is 0 Å². The van der Waals surface area contributed by atoms with Gasteiger partial charge in [0, 0.05) is 12.7 Å². The lowest BCUT2D eigenvalue weighted by Crippen LogP contribution is -2.40. The summed E-state index contributed by atoms with van der Waals surface area (Å²) in [5.74, 6) is -1.32. The van der Waals surface area contributed by atoms with Crippen LogP contribution in [0.3, 0.4) is 0 Å². The Morgan fingerprint density at radius 1 is 1.50 bits per heavy atom. The lowest BCUT2D eigenvalue weighted by molar-refractivity contribution is -0.140. The van der Waals surface area contributed by atoms with Crippen LogP contribution in [0.15, 0.2) is 0 Å². The Hall–Kier alpha value is -0.0100. The van der Waals surface area contributed by atoms with Gasteiger partial charge in [-0.25, -0.2) is 4.79 Å². The number of carbonyl (C=O) groups excluding carboxylic acids is 1. The molecule has 0 bridgehead atoms. The molecule has 0 saturated heterocycles. The van der Waals surface area contributed by atoms with Crippen LogP contribution in [0, 0.1) is 0 Å². The van der Waals surface area contributed by atoms with Gasteiger partial charge >= 0.3 is 5.97 Å². The molecule has 0 saturated carbocycles. The monoisotopic (exact) mass is 229 g/mol. The zero-order chi connectivity index (χ0) is 10.1. The third-order valence-electron chi connectivity index (χ3n) is 0.858. The van der Waals surface area contributed by atoms with Crippen molar-refractivity contribution in [2.24, 2.45) is 0 Å². The quantitative estimate of drug-likeness (QED) is 0.356. The molecule has 0 rings (SSSR count). The summed E-state index contributed by atoms with van der Waals surface area (Å²) in [6.45, 7) is 1.26. The van der Waals surface area contributed by atoms with Crippen LogP contribution >= 0.6 is 36.0 Å². The van der Waals surface area contributed by atoms with E-state index in [0.717, 1.165) is 0 Å². The number of carboxylic acid groups (broad SMARTS) is 1. The summed E-state index contributed by atoms with van der Waals surface area (Å²) >= 11 is 10.2. The van der Waals surface area contributed by atoms with Crippen LogP contribution in [-0.2, 0) is 9.59 Å². The lowest BCUT2D eigenvalue weighted by Gasteiger charge is -2.08. The molecule has 0 aromatic heterocycles. The minimum atomic E-state index is -1.06. The van der Waals surface area contributed by atoms with Gasteiger partial charge in [0.05, 0.1) is 0 Å².